The number of phenols is 1. The van der Waals surface area contributed by atoms with E-state index in [4.69, 9.17) is 4.74 Å². The Morgan fingerprint density at radius 1 is 1.36 bits per heavy atom. The van der Waals surface area contributed by atoms with E-state index in [1.54, 1.807) is 25.1 Å². The summed E-state index contributed by atoms with van der Waals surface area (Å²) in [6, 6.07) is 4.77. The molecule has 0 spiro atoms. The number of esters is 1. The van der Waals surface area contributed by atoms with Crippen molar-refractivity contribution in [3.63, 3.8) is 0 Å². The normalized spacial score (nSPS) is 16.0. The molecule has 0 fully saturated rings. The van der Waals surface area contributed by atoms with E-state index < -0.39 is 5.97 Å². The largest absolute Gasteiger partial charge is 0.505 e. The first kappa shape index (κ1) is 15.6. The molecule has 1 aliphatic rings. The Morgan fingerprint density at radius 3 is 2.73 bits per heavy atom. The zero-order valence-electron chi connectivity index (χ0n) is 12.6. The first-order chi connectivity index (χ1) is 10.5. The van der Waals surface area contributed by atoms with Gasteiger partial charge in [0, 0.05) is 0 Å². The van der Waals surface area contributed by atoms with E-state index in [0.717, 1.165) is 0 Å². The van der Waals surface area contributed by atoms with Crippen molar-refractivity contribution in [3.8, 4) is 11.5 Å². The molecule has 0 saturated heterocycles. The molecule has 0 aliphatic carbocycles. The van der Waals surface area contributed by atoms with Gasteiger partial charge in [0.25, 0.3) is 0 Å². The second-order valence-corrected chi connectivity index (χ2v) is 4.60. The minimum Gasteiger partial charge on any atom is -0.505 e. The lowest BCUT2D eigenvalue weighted by molar-refractivity contribution is -0.135. The van der Waals surface area contributed by atoms with Crippen molar-refractivity contribution in [1.82, 2.24) is 0 Å². The molecule has 6 heteroatoms. The lowest BCUT2D eigenvalue weighted by Gasteiger charge is -2.06. The van der Waals surface area contributed by atoms with Gasteiger partial charge in [0.2, 0.25) is 0 Å². The van der Waals surface area contributed by atoms with Crippen LogP contribution in [0.5, 0.6) is 11.5 Å². The van der Waals surface area contributed by atoms with Crippen molar-refractivity contribution in [3.05, 3.63) is 40.8 Å². The van der Waals surface area contributed by atoms with Crippen molar-refractivity contribution >= 4 is 17.8 Å². The van der Waals surface area contributed by atoms with Gasteiger partial charge in [-0.3, -0.25) is 0 Å². The number of hydrogen-bond acceptors (Lipinski definition) is 6. The minimum atomic E-state index is -0.636. The molecule has 1 aliphatic heterocycles. The van der Waals surface area contributed by atoms with E-state index >= 15 is 0 Å². The van der Waals surface area contributed by atoms with Gasteiger partial charge in [-0.15, -0.1) is 0 Å². The van der Waals surface area contributed by atoms with Crippen LogP contribution >= 0.6 is 0 Å². The Bertz CT molecular complexity index is 700. The smallest absolute Gasteiger partial charge is 0.343 e. The molecular formula is C16H17NO5. The SMILES string of the molecule is CCOc1cc(/C=C2/N=C(C)C(C(=O)OC)=C2O)ccc1O. The van der Waals surface area contributed by atoms with Crippen LogP contribution in [0.3, 0.4) is 0 Å². The van der Waals surface area contributed by atoms with Crippen LogP contribution < -0.4 is 4.74 Å². The van der Waals surface area contributed by atoms with Gasteiger partial charge >= 0.3 is 5.97 Å². The van der Waals surface area contributed by atoms with E-state index in [9.17, 15) is 15.0 Å². The number of aliphatic hydroxyl groups excluding tert-OH is 1. The zero-order chi connectivity index (χ0) is 16.3. The Labute approximate surface area is 128 Å². The first-order valence-electron chi connectivity index (χ1n) is 6.73. The topological polar surface area (TPSA) is 88.4 Å². The molecule has 1 heterocycles. The van der Waals surface area contributed by atoms with Crippen LogP contribution in [0.1, 0.15) is 19.4 Å². The van der Waals surface area contributed by atoms with Gasteiger partial charge in [0.15, 0.2) is 17.3 Å². The summed E-state index contributed by atoms with van der Waals surface area (Å²) in [6.45, 7) is 3.85. The summed E-state index contributed by atoms with van der Waals surface area (Å²) >= 11 is 0. The maximum absolute atomic E-state index is 11.6. The van der Waals surface area contributed by atoms with Gasteiger partial charge in [-0.2, -0.15) is 0 Å². The molecule has 0 unspecified atom stereocenters. The number of hydrogen-bond donors (Lipinski definition) is 2. The second kappa shape index (κ2) is 6.34. The van der Waals surface area contributed by atoms with Crippen LogP contribution in [0.15, 0.2) is 40.2 Å². The maximum Gasteiger partial charge on any atom is 0.343 e. The predicted molar refractivity (Wildman–Crippen MR) is 82.0 cm³/mol. The fraction of sp³-hybridized carbons (Fsp3) is 0.250. The minimum absolute atomic E-state index is 0.0325. The molecule has 2 N–H and O–H groups in total. The molecule has 0 saturated carbocycles. The van der Waals surface area contributed by atoms with Crippen molar-refractivity contribution in [1.29, 1.82) is 0 Å². The van der Waals surface area contributed by atoms with Gasteiger partial charge in [0.1, 0.15) is 11.3 Å². The molecule has 1 aromatic rings. The Kier molecular flexibility index (Phi) is 4.50. The fourth-order valence-electron chi connectivity index (χ4n) is 2.09. The molecule has 0 bridgehead atoms. The van der Waals surface area contributed by atoms with E-state index in [-0.39, 0.29) is 22.8 Å². The van der Waals surface area contributed by atoms with Crippen molar-refractivity contribution < 1.29 is 24.5 Å². The molecule has 0 atom stereocenters. The van der Waals surface area contributed by atoms with Gasteiger partial charge in [-0.05, 0) is 37.6 Å². The van der Waals surface area contributed by atoms with Crippen LogP contribution in [0, 0.1) is 0 Å². The second-order valence-electron chi connectivity index (χ2n) is 4.60. The summed E-state index contributed by atoms with van der Waals surface area (Å²) in [7, 11) is 1.24. The van der Waals surface area contributed by atoms with Crippen LogP contribution in [-0.2, 0) is 9.53 Å². The lowest BCUT2D eigenvalue weighted by Crippen LogP contribution is -2.11. The average molecular weight is 303 g/mol. The Balaban J connectivity index is 2.41. The molecule has 2 rings (SSSR count). The maximum atomic E-state index is 11.6. The summed E-state index contributed by atoms with van der Waals surface area (Å²) in [6.07, 6.45) is 1.59. The number of aromatic hydroxyl groups is 1. The van der Waals surface area contributed by atoms with E-state index in [0.29, 0.717) is 23.6 Å². The van der Waals surface area contributed by atoms with E-state index in [2.05, 4.69) is 9.73 Å². The third-order valence-electron chi connectivity index (χ3n) is 3.11. The number of aliphatic hydroxyl groups is 1. The number of nitrogens with zero attached hydrogens (tertiary/aromatic N) is 1. The summed E-state index contributed by atoms with van der Waals surface area (Å²) < 4.78 is 9.93. The number of aliphatic imine (C=N–C) groups is 1. The predicted octanol–water partition coefficient (Wildman–Crippen LogP) is 2.59. The molecule has 22 heavy (non-hydrogen) atoms. The highest BCUT2D eigenvalue weighted by atomic mass is 16.5. The number of methoxy groups -OCH3 is 1. The van der Waals surface area contributed by atoms with E-state index in [1.165, 1.54) is 13.2 Å². The highest BCUT2D eigenvalue weighted by molar-refractivity contribution is 6.21. The van der Waals surface area contributed by atoms with Gasteiger partial charge in [0.05, 0.1) is 19.4 Å². The van der Waals surface area contributed by atoms with Crippen molar-refractivity contribution in [2.24, 2.45) is 4.99 Å². The monoisotopic (exact) mass is 303 g/mol. The highest BCUT2D eigenvalue weighted by Crippen LogP contribution is 2.30. The number of benzene rings is 1. The third-order valence-corrected chi connectivity index (χ3v) is 3.11. The Hall–Kier alpha value is -2.76. The van der Waals surface area contributed by atoms with Gasteiger partial charge in [-0.1, -0.05) is 6.07 Å². The zero-order valence-corrected chi connectivity index (χ0v) is 12.6. The molecule has 0 aromatic heterocycles. The van der Waals surface area contributed by atoms with E-state index in [1.807, 2.05) is 6.92 Å². The standard InChI is InChI=1S/C16H17NO5/c1-4-22-13-8-10(5-6-12(13)18)7-11-15(19)14(9(2)17-11)16(20)21-3/h5-8,18-19H,4H2,1-3H3/b11-7+. The quantitative estimate of drug-likeness (QED) is 0.835. The van der Waals surface area contributed by atoms with Crippen LogP contribution in [0.4, 0.5) is 0 Å². The fourth-order valence-corrected chi connectivity index (χ4v) is 2.09. The van der Waals surface area contributed by atoms with Crippen molar-refractivity contribution in [2.45, 2.75) is 13.8 Å². The van der Waals surface area contributed by atoms with Crippen molar-refractivity contribution in [2.75, 3.05) is 13.7 Å². The molecule has 0 radical (unpaired) electrons. The molecular weight excluding hydrogens is 286 g/mol. The lowest BCUT2D eigenvalue weighted by atomic mass is 10.1. The first-order valence-corrected chi connectivity index (χ1v) is 6.73. The number of rotatable bonds is 4. The number of carbonyl (C=O) groups excluding carboxylic acids is 1. The molecule has 116 valence electrons. The number of carbonyl (C=O) groups is 1. The summed E-state index contributed by atoms with van der Waals surface area (Å²) in [4.78, 5) is 15.8. The van der Waals surface area contributed by atoms with Crippen LogP contribution in [-0.4, -0.2) is 35.6 Å². The number of phenolic OH excluding ortho intramolecular Hbond substituents is 1. The molecule has 1 aromatic carbocycles. The molecule has 6 nitrogen and oxygen atoms in total. The highest BCUT2D eigenvalue weighted by Gasteiger charge is 2.27. The number of ether oxygens (including phenoxy) is 2. The summed E-state index contributed by atoms with van der Waals surface area (Å²) in [5.41, 5.74) is 1.37. The summed E-state index contributed by atoms with van der Waals surface area (Å²) in [5.74, 6) is -0.490. The average Bonchev–Trinajstić information content (AvgIpc) is 2.76. The van der Waals surface area contributed by atoms with Gasteiger partial charge < -0.3 is 19.7 Å². The van der Waals surface area contributed by atoms with Crippen LogP contribution in [0.2, 0.25) is 0 Å². The van der Waals surface area contributed by atoms with Gasteiger partial charge in [-0.25, -0.2) is 9.79 Å². The Morgan fingerprint density at radius 2 is 2.09 bits per heavy atom. The summed E-state index contributed by atoms with van der Waals surface area (Å²) in [5, 5.41) is 19.8. The molecule has 0 amide bonds. The van der Waals surface area contributed by atoms with Crippen LogP contribution in [0.25, 0.3) is 6.08 Å². The third kappa shape index (κ3) is 2.95.